The number of ether oxygens (including phenoxy) is 1. The second-order valence-electron chi connectivity index (χ2n) is 10.7. The average molecular weight is 389 g/mol. The second kappa shape index (κ2) is 10.6. The van der Waals surface area contributed by atoms with Crippen LogP contribution in [0.4, 0.5) is 0 Å². The topological polar surface area (TPSA) is 26.3 Å². The van der Waals surface area contributed by atoms with Crippen molar-refractivity contribution < 1.29 is 9.53 Å². The van der Waals surface area contributed by atoms with Crippen molar-refractivity contribution >= 4 is 5.97 Å². The van der Waals surface area contributed by atoms with Gasteiger partial charge in [0.25, 0.3) is 0 Å². The predicted octanol–water partition coefficient (Wildman–Crippen LogP) is 7.69. The number of carbonyl (C=O) groups is 1. The van der Waals surface area contributed by atoms with E-state index in [1.54, 1.807) is 0 Å². The first kappa shape index (κ1) is 23.2. The summed E-state index contributed by atoms with van der Waals surface area (Å²) >= 11 is 0. The number of esters is 1. The van der Waals surface area contributed by atoms with E-state index in [1.165, 1.54) is 36.8 Å². The lowest BCUT2D eigenvalue weighted by atomic mass is 9.83. The van der Waals surface area contributed by atoms with Crippen molar-refractivity contribution in [1.82, 2.24) is 0 Å². The molecule has 1 heterocycles. The summed E-state index contributed by atoms with van der Waals surface area (Å²) in [4.78, 5) is 11.7. The summed E-state index contributed by atoms with van der Waals surface area (Å²) in [5.41, 5.74) is 2.80. The normalized spacial score (nSPS) is 24.4. The van der Waals surface area contributed by atoms with Crippen LogP contribution in [0.3, 0.4) is 0 Å². The average Bonchev–Trinajstić information content (AvgIpc) is 3.29. The third kappa shape index (κ3) is 8.13. The zero-order valence-corrected chi connectivity index (χ0v) is 19.5. The fourth-order valence-electron chi connectivity index (χ4n) is 5.49. The van der Waals surface area contributed by atoms with Crippen LogP contribution in [-0.4, -0.2) is 5.97 Å². The van der Waals surface area contributed by atoms with Gasteiger partial charge in [-0.25, -0.2) is 0 Å². The minimum atomic E-state index is -0.0328. The van der Waals surface area contributed by atoms with Gasteiger partial charge in [-0.3, -0.25) is 4.79 Å². The zero-order chi connectivity index (χ0) is 20.8. The summed E-state index contributed by atoms with van der Waals surface area (Å²) < 4.78 is 5.48. The van der Waals surface area contributed by atoms with Crippen molar-refractivity contribution in [3.8, 4) is 0 Å². The molecule has 1 aliphatic heterocycles. The molecule has 0 bridgehead atoms. The van der Waals surface area contributed by atoms with Gasteiger partial charge in [0.1, 0.15) is 5.76 Å². The highest BCUT2D eigenvalue weighted by molar-refractivity contribution is 5.74. The maximum Gasteiger partial charge on any atom is 0.311 e. The molecule has 2 fully saturated rings. The highest BCUT2D eigenvalue weighted by atomic mass is 16.5. The molecule has 2 rings (SSSR count). The van der Waals surface area contributed by atoms with Gasteiger partial charge in [0.15, 0.2) is 0 Å². The highest BCUT2D eigenvalue weighted by Crippen LogP contribution is 2.42. The molecule has 0 aromatic carbocycles. The summed E-state index contributed by atoms with van der Waals surface area (Å²) in [6.07, 6.45) is 11.6. The Labute approximate surface area is 174 Å². The third-order valence-electron chi connectivity index (χ3n) is 6.25. The fraction of sp³-hybridized carbons (Fsp3) is 0.808. The largest absolute Gasteiger partial charge is 0.431 e. The van der Waals surface area contributed by atoms with Crippen LogP contribution >= 0.6 is 0 Å². The van der Waals surface area contributed by atoms with Gasteiger partial charge in [-0.05, 0) is 87.0 Å². The van der Waals surface area contributed by atoms with Crippen LogP contribution in [0, 0.1) is 35.5 Å². The van der Waals surface area contributed by atoms with Gasteiger partial charge in [-0.2, -0.15) is 0 Å². The van der Waals surface area contributed by atoms with E-state index in [-0.39, 0.29) is 5.97 Å². The molecule has 5 unspecified atom stereocenters. The van der Waals surface area contributed by atoms with Crippen LogP contribution in [0.1, 0.15) is 99.8 Å². The number of carbonyl (C=O) groups excluding carboxylic acids is 1. The molecular weight excluding hydrogens is 344 g/mol. The fourth-order valence-corrected chi connectivity index (χ4v) is 5.49. The Morgan fingerprint density at radius 2 is 1.54 bits per heavy atom. The van der Waals surface area contributed by atoms with Gasteiger partial charge >= 0.3 is 5.97 Å². The molecule has 2 heteroatoms. The van der Waals surface area contributed by atoms with Crippen molar-refractivity contribution in [2.24, 2.45) is 35.5 Å². The zero-order valence-electron chi connectivity index (χ0n) is 19.5. The molecule has 0 spiro atoms. The second-order valence-corrected chi connectivity index (χ2v) is 10.7. The molecule has 2 aliphatic rings. The van der Waals surface area contributed by atoms with E-state index in [2.05, 4.69) is 54.5 Å². The van der Waals surface area contributed by atoms with E-state index in [1.807, 2.05) is 0 Å². The van der Waals surface area contributed by atoms with E-state index >= 15 is 0 Å². The van der Waals surface area contributed by atoms with Gasteiger partial charge in [-0.15, -0.1) is 0 Å². The van der Waals surface area contributed by atoms with Crippen molar-refractivity contribution in [2.45, 2.75) is 99.8 Å². The van der Waals surface area contributed by atoms with Crippen molar-refractivity contribution in [2.75, 3.05) is 0 Å². The standard InChI is InChI=1S/C26H44O2/c1-17(2)10-18(3)11-19(4)12-20(5)13-21(6)14-22(7)15-24-16-25(27)28-26(24)23-8-9-23/h14,17-21,24H,8-13,15-16H2,1-7H3/b22-14+. The summed E-state index contributed by atoms with van der Waals surface area (Å²) in [6.45, 7) is 16.5. The third-order valence-corrected chi connectivity index (χ3v) is 6.25. The maximum absolute atomic E-state index is 11.7. The van der Waals surface area contributed by atoms with Crippen LogP contribution in [0.25, 0.3) is 0 Å². The molecule has 0 N–H and O–H groups in total. The predicted molar refractivity (Wildman–Crippen MR) is 119 cm³/mol. The molecule has 0 aromatic rings. The Kier molecular flexibility index (Phi) is 8.83. The molecule has 2 nitrogen and oxygen atoms in total. The molecule has 1 saturated heterocycles. The van der Waals surface area contributed by atoms with E-state index < -0.39 is 0 Å². The lowest BCUT2D eigenvalue weighted by molar-refractivity contribution is -0.135. The van der Waals surface area contributed by atoms with Gasteiger partial charge in [0.05, 0.1) is 6.42 Å². The molecule has 28 heavy (non-hydrogen) atoms. The van der Waals surface area contributed by atoms with Gasteiger partial charge in [-0.1, -0.05) is 53.2 Å². The monoisotopic (exact) mass is 388 g/mol. The first-order valence-corrected chi connectivity index (χ1v) is 11.7. The summed E-state index contributed by atoms with van der Waals surface area (Å²) in [6, 6.07) is 0. The molecule has 0 aromatic heterocycles. The Morgan fingerprint density at radius 3 is 2.11 bits per heavy atom. The molecule has 0 amide bonds. The van der Waals surface area contributed by atoms with Crippen LogP contribution in [-0.2, 0) is 9.53 Å². The smallest absolute Gasteiger partial charge is 0.311 e. The van der Waals surface area contributed by atoms with E-state index in [0.29, 0.717) is 18.3 Å². The highest BCUT2D eigenvalue weighted by Gasteiger charge is 2.35. The van der Waals surface area contributed by atoms with Gasteiger partial charge in [0.2, 0.25) is 0 Å². The van der Waals surface area contributed by atoms with E-state index in [9.17, 15) is 4.79 Å². The molecular formula is C26H44O2. The van der Waals surface area contributed by atoms with Gasteiger partial charge in [0, 0.05) is 5.92 Å². The number of rotatable bonds is 11. The van der Waals surface area contributed by atoms with Crippen LogP contribution in [0.5, 0.6) is 0 Å². The first-order valence-electron chi connectivity index (χ1n) is 11.7. The van der Waals surface area contributed by atoms with Crippen LogP contribution in [0.2, 0.25) is 0 Å². The molecule has 1 aliphatic carbocycles. The van der Waals surface area contributed by atoms with Crippen LogP contribution < -0.4 is 0 Å². The first-order chi connectivity index (χ1) is 13.1. The molecule has 1 saturated carbocycles. The number of hydrogen-bond donors (Lipinski definition) is 0. The van der Waals surface area contributed by atoms with Crippen molar-refractivity contribution in [3.63, 3.8) is 0 Å². The lowest BCUT2D eigenvalue weighted by Crippen LogP contribution is -2.11. The molecule has 5 atom stereocenters. The van der Waals surface area contributed by atoms with E-state index in [4.69, 9.17) is 4.74 Å². The minimum Gasteiger partial charge on any atom is -0.431 e. The van der Waals surface area contributed by atoms with Crippen molar-refractivity contribution in [1.29, 1.82) is 0 Å². The summed E-state index contributed by atoms with van der Waals surface area (Å²) in [5.74, 6) is 5.12. The van der Waals surface area contributed by atoms with Gasteiger partial charge < -0.3 is 4.74 Å². The minimum absolute atomic E-state index is 0.0328. The summed E-state index contributed by atoms with van der Waals surface area (Å²) in [7, 11) is 0. The number of allylic oxidation sites excluding steroid dienone is 4. The SMILES string of the molecule is C/C(=C\C(C)CC(C)CC(C)CC(C)CC(C)C)CC1CC(=O)OC1=C1CC1. The number of hydrogen-bond acceptors (Lipinski definition) is 2. The summed E-state index contributed by atoms with van der Waals surface area (Å²) in [5, 5.41) is 0. The van der Waals surface area contributed by atoms with Crippen molar-refractivity contribution in [3.05, 3.63) is 23.0 Å². The quantitative estimate of drug-likeness (QED) is 0.268. The Bertz CT molecular complexity index is 577. The molecule has 160 valence electrons. The molecule has 0 radical (unpaired) electrons. The Hall–Kier alpha value is -1.05. The maximum atomic E-state index is 11.7. The Morgan fingerprint density at radius 1 is 0.964 bits per heavy atom. The Balaban J connectivity index is 1.76. The van der Waals surface area contributed by atoms with E-state index in [0.717, 1.165) is 48.7 Å². The van der Waals surface area contributed by atoms with Crippen LogP contribution in [0.15, 0.2) is 23.0 Å². The number of cyclic esters (lactones) is 1. The lowest BCUT2D eigenvalue weighted by Gasteiger charge is -2.23.